The Kier molecular flexibility index (Phi) is 4.35. The summed E-state index contributed by atoms with van der Waals surface area (Å²) in [6.45, 7) is 4.54. The lowest BCUT2D eigenvalue weighted by Crippen LogP contribution is -2.34. The Hall–Kier alpha value is -0.240. The van der Waals surface area contributed by atoms with Crippen molar-refractivity contribution in [3.05, 3.63) is 33.8 Å². The van der Waals surface area contributed by atoms with E-state index < -0.39 is 0 Å². The number of halogens is 2. The molecule has 0 aromatic heterocycles. The molecule has 1 aromatic rings. The molecule has 1 nitrogen and oxygen atoms in total. The van der Waals surface area contributed by atoms with Gasteiger partial charge < -0.3 is 5.32 Å². The summed E-state index contributed by atoms with van der Waals surface area (Å²) in [5.41, 5.74) is 1.26. The van der Waals surface area contributed by atoms with Crippen LogP contribution in [0.2, 0.25) is 10.0 Å². The van der Waals surface area contributed by atoms with Crippen LogP contribution in [0.1, 0.15) is 32.3 Å². The fourth-order valence-electron chi connectivity index (χ4n) is 2.00. The summed E-state index contributed by atoms with van der Waals surface area (Å²) in [4.78, 5) is 0. The number of rotatable bonds is 5. The zero-order chi connectivity index (χ0) is 12.4. The summed E-state index contributed by atoms with van der Waals surface area (Å²) in [5.74, 6) is 0.604. The van der Waals surface area contributed by atoms with Crippen molar-refractivity contribution in [2.24, 2.45) is 5.92 Å². The maximum Gasteiger partial charge on any atom is 0.0595 e. The Labute approximate surface area is 114 Å². The van der Waals surface area contributed by atoms with E-state index in [2.05, 4.69) is 25.2 Å². The fraction of sp³-hybridized carbons (Fsp3) is 0.571. The normalized spacial score (nSPS) is 19.1. The second-order valence-electron chi connectivity index (χ2n) is 5.16. The van der Waals surface area contributed by atoms with E-state index in [4.69, 9.17) is 23.2 Å². The molecule has 1 saturated carbocycles. The molecule has 1 fully saturated rings. The molecular formula is C14H19Cl2N. The maximum absolute atomic E-state index is 6.02. The van der Waals surface area contributed by atoms with Gasteiger partial charge in [0, 0.05) is 12.1 Å². The minimum Gasteiger partial charge on any atom is -0.311 e. The first-order chi connectivity index (χ1) is 8.06. The molecular weight excluding hydrogens is 253 g/mol. The van der Waals surface area contributed by atoms with Gasteiger partial charge in [0.1, 0.15) is 0 Å². The molecule has 1 aliphatic carbocycles. The van der Waals surface area contributed by atoms with Crippen LogP contribution in [0, 0.1) is 5.92 Å². The van der Waals surface area contributed by atoms with Crippen molar-refractivity contribution in [3.8, 4) is 0 Å². The average molecular weight is 272 g/mol. The van der Waals surface area contributed by atoms with Gasteiger partial charge in [0.05, 0.1) is 10.0 Å². The second kappa shape index (κ2) is 5.60. The minimum absolute atomic E-state index is 0.553. The zero-order valence-electron chi connectivity index (χ0n) is 10.3. The lowest BCUT2D eigenvalue weighted by atomic mass is 9.95. The van der Waals surface area contributed by atoms with Crippen molar-refractivity contribution in [2.45, 2.75) is 45.2 Å². The van der Waals surface area contributed by atoms with Gasteiger partial charge in [0.25, 0.3) is 0 Å². The summed E-state index contributed by atoms with van der Waals surface area (Å²) >= 11 is 11.9. The predicted octanol–water partition coefficient (Wildman–Crippen LogP) is 4.31. The van der Waals surface area contributed by atoms with E-state index in [0.717, 1.165) is 12.5 Å². The van der Waals surface area contributed by atoms with Crippen molar-refractivity contribution >= 4 is 23.2 Å². The molecule has 0 amide bonds. The van der Waals surface area contributed by atoms with E-state index in [1.807, 2.05) is 12.1 Å². The third-order valence-corrected chi connectivity index (χ3v) is 4.21. The summed E-state index contributed by atoms with van der Waals surface area (Å²) in [6.07, 6.45) is 3.71. The highest BCUT2D eigenvalue weighted by Crippen LogP contribution is 2.25. The van der Waals surface area contributed by atoms with Gasteiger partial charge in [-0.15, -0.1) is 0 Å². The van der Waals surface area contributed by atoms with Crippen LogP contribution in [0.4, 0.5) is 0 Å². The first-order valence-electron chi connectivity index (χ1n) is 6.26. The Morgan fingerprint density at radius 3 is 2.53 bits per heavy atom. The van der Waals surface area contributed by atoms with E-state index in [1.54, 1.807) is 0 Å². The van der Waals surface area contributed by atoms with Crippen molar-refractivity contribution < 1.29 is 0 Å². The molecule has 0 spiro atoms. The van der Waals surface area contributed by atoms with Crippen LogP contribution in [0.5, 0.6) is 0 Å². The van der Waals surface area contributed by atoms with E-state index in [-0.39, 0.29) is 0 Å². The van der Waals surface area contributed by atoms with Crippen molar-refractivity contribution in [3.63, 3.8) is 0 Å². The third kappa shape index (κ3) is 3.87. The van der Waals surface area contributed by atoms with Crippen molar-refractivity contribution in [2.75, 3.05) is 0 Å². The molecule has 0 aliphatic heterocycles. The number of nitrogens with one attached hydrogen (secondary N) is 1. The highest BCUT2D eigenvalue weighted by Gasteiger charge is 2.24. The van der Waals surface area contributed by atoms with Gasteiger partial charge in [-0.1, -0.05) is 36.2 Å². The summed E-state index contributed by atoms with van der Waals surface area (Å²) in [7, 11) is 0. The summed E-state index contributed by atoms with van der Waals surface area (Å²) in [5, 5.41) is 4.92. The molecule has 0 radical (unpaired) electrons. The van der Waals surface area contributed by atoms with Gasteiger partial charge in [0.2, 0.25) is 0 Å². The second-order valence-corrected chi connectivity index (χ2v) is 5.97. The van der Waals surface area contributed by atoms with Gasteiger partial charge >= 0.3 is 0 Å². The molecule has 2 unspecified atom stereocenters. The smallest absolute Gasteiger partial charge is 0.0595 e. The SMILES string of the molecule is CC(Cc1ccc(Cl)c(Cl)c1)C(C)NC1CC1. The first-order valence-corrected chi connectivity index (χ1v) is 7.02. The van der Waals surface area contributed by atoms with E-state index >= 15 is 0 Å². The molecule has 1 aromatic carbocycles. The van der Waals surface area contributed by atoms with Crippen LogP contribution in [-0.4, -0.2) is 12.1 Å². The summed E-state index contributed by atoms with van der Waals surface area (Å²) < 4.78 is 0. The third-order valence-electron chi connectivity index (χ3n) is 3.47. The van der Waals surface area contributed by atoms with Crippen LogP contribution in [0.25, 0.3) is 0 Å². The standard InChI is InChI=1S/C14H19Cl2N/c1-9(10(2)17-12-4-5-12)7-11-3-6-13(15)14(16)8-11/h3,6,8-10,12,17H,4-5,7H2,1-2H3. The molecule has 0 heterocycles. The maximum atomic E-state index is 6.02. The molecule has 94 valence electrons. The molecule has 0 bridgehead atoms. The lowest BCUT2D eigenvalue weighted by Gasteiger charge is -2.21. The predicted molar refractivity (Wildman–Crippen MR) is 74.9 cm³/mol. The number of hydrogen-bond acceptors (Lipinski definition) is 1. The topological polar surface area (TPSA) is 12.0 Å². The van der Waals surface area contributed by atoms with E-state index in [9.17, 15) is 0 Å². The largest absolute Gasteiger partial charge is 0.311 e. The van der Waals surface area contributed by atoms with E-state index in [0.29, 0.717) is 22.0 Å². The molecule has 2 atom stereocenters. The van der Waals surface area contributed by atoms with Crippen molar-refractivity contribution in [1.82, 2.24) is 5.32 Å². The van der Waals surface area contributed by atoms with Crippen molar-refractivity contribution in [1.29, 1.82) is 0 Å². The van der Waals surface area contributed by atoms with Crippen LogP contribution >= 0.6 is 23.2 Å². The van der Waals surface area contributed by atoms with Crippen LogP contribution in [0.3, 0.4) is 0 Å². The lowest BCUT2D eigenvalue weighted by molar-refractivity contribution is 0.396. The molecule has 1 N–H and O–H groups in total. The van der Waals surface area contributed by atoms with Crippen LogP contribution < -0.4 is 5.32 Å². The quantitative estimate of drug-likeness (QED) is 0.842. The summed E-state index contributed by atoms with van der Waals surface area (Å²) in [6, 6.07) is 7.24. The van der Waals surface area contributed by atoms with Gasteiger partial charge in [0.15, 0.2) is 0 Å². The number of benzene rings is 1. The van der Waals surface area contributed by atoms with Crippen LogP contribution in [-0.2, 0) is 6.42 Å². The van der Waals surface area contributed by atoms with Gasteiger partial charge in [-0.05, 0) is 49.8 Å². The first kappa shape index (κ1) is 13.2. The minimum atomic E-state index is 0.553. The fourth-order valence-corrected chi connectivity index (χ4v) is 2.32. The molecule has 3 heteroatoms. The zero-order valence-corrected chi connectivity index (χ0v) is 11.9. The van der Waals surface area contributed by atoms with Crippen LogP contribution in [0.15, 0.2) is 18.2 Å². The average Bonchev–Trinajstić information content (AvgIpc) is 3.07. The molecule has 1 aliphatic rings. The van der Waals surface area contributed by atoms with Gasteiger partial charge in [-0.2, -0.15) is 0 Å². The Bertz CT molecular complexity index is 388. The van der Waals surface area contributed by atoms with Gasteiger partial charge in [-0.3, -0.25) is 0 Å². The number of hydrogen-bond donors (Lipinski definition) is 1. The Balaban J connectivity index is 1.91. The van der Waals surface area contributed by atoms with E-state index in [1.165, 1.54) is 18.4 Å². The monoisotopic (exact) mass is 271 g/mol. The Morgan fingerprint density at radius 2 is 1.94 bits per heavy atom. The molecule has 0 saturated heterocycles. The molecule has 2 rings (SSSR count). The highest BCUT2D eigenvalue weighted by molar-refractivity contribution is 6.42. The molecule has 17 heavy (non-hydrogen) atoms. The van der Waals surface area contributed by atoms with Gasteiger partial charge in [-0.25, -0.2) is 0 Å². The highest BCUT2D eigenvalue weighted by atomic mass is 35.5. The Morgan fingerprint density at radius 1 is 1.24 bits per heavy atom.